The van der Waals surface area contributed by atoms with Crippen LogP contribution < -0.4 is 29.3 Å². The van der Waals surface area contributed by atoms with Crippen LogP contribution in [-0.4, -0.2) is 56.3 Å². The van der Waals surface area contributed by atoms with Gasteiger partial charge in [0.1, 0.15) is 22.5 Å². The highest BCUT2D eigenvalue weighted by molar-refractivity contribution is 6.17. The van der Waals surface area contributed by atoms with Crippen LogP contribution in [0.2, 0.25) is 0 Å². The van der Waals surface area contributed by atoms with E-state index in [1.54, 1.807) is 43.5 Å². The number of rotatable bonds is 11. The summed E-state index contributed by atoms with van der Waals surface area (Å²) >= 11 is 0. The standard InChI is InChI=1S/C32H31NO10/c1-38-21-9-7-18(13-19(21)16-34)27-28-20-14-25(41-4)26(42-5)15-23(20)43-32(37)30(28)33(29(27)31(35)36)11-10-17-6-8-22(39-2)24(12-17)40-3/h6-9,12-15,34H,10-11,16H2,1-5H3,(H,35,36). The smallest absolute Gasteiger partial charge is 0.361 e. The Morgan fingerprint density at radius 2 is 1.44 bits per heavy atom. The van der Waals surface area contributed by atoms with Crippen molar-refractivity contribution in [2.24, 2.45) is 0 Å². The van der Waals surface area contributed by atoms with Gasteiger partial charge in [-0.15, -0.1) is 0 Å². The third kappa shape index (κ3) is 5.08. The zero-order chi connectivity index (χ0) is 30.8. The maximum absolute atomic E-state index is 13.7. The third-order valence-electron chi connectivity index (χ3n) is 7.43. The molecule has 5 rings (SSSR count). The molecule has 3 aromatic carbocycles. The molecule has 0 spiro atoms. The van der Waals surface area contributed by atoms with Gasteiger partial charge in [0, 0.05) is 34.5 Å². The number of aliphatic hydroxyl groups is 1. The summed E-state index contributed by atoms with van der Waals surface area (Å²) in [6.07, 6.45) is 0.359. The van der Waals surface area contributed by atoms with E-state index in [0.717, 1.165) is 5.56 Å². The second kappa shape index (κ2) is 12.0. The van der Waals surface area contributed by atoms with Crippen LogP contribution in [0.5, 0.6) is 28.7 Å². The number of carboxylic acid groups (broad SMARTS) is 1. The topological polar surface area (TPSA) is 139 Å². The first-order valence-corrected chi connectivity index (χ1v) is 13.3. The van der Waals surface area contributed by atoms with Gasteiger partial charge in [-0.25, -0.2) is 9.59 Å². The number of aromatic carboxylic acids is 1. The largest absolute Gasteiger partial charge is 0.496 e. The number of hydrogen-bond acceptors (Lipinski definition) is 9. The third-order valence-corrected chi connectivity index (χ3v) is 7.43. The molecule has 0 aliphatic rings. The number of nitrogens with zero attached hydrogens (tertiary/aromatic N) is 1. The minimum atomic E-state index is -1.24. The van der Waals surface area contributed by atoms with Crippen molar-refractivity contribution in [3.05, 3.63) is 75.8 Å². The van der Waals surface area contributed by atoms with Crippen molar-refractivity contribution in [2.75, 3.05) is 35.5 Å². The van der Waals surface area contributed by atoms with Crippen LogP contribution in [-0.2, 0) is 19.6 Å². The maximum Gasteiger partial charge on any atom is 0.361 e. The van der Waals surface area contributed by atoms with Gasteiger partial charge in [0.25, 0.3) is 0 Å². The molecule has 2 N–H and O–H groups in total. The highest BCUT2D eigenvalue weighted by Crippen LogP contribution is 2.42. The highest BCUT2D eigenvalue weighted by atomic mass is 16.5. The summed E-state index contributed by atoms with van der Waals surface area (Å²) in [5.74, 6) is 0.998. The molecular weight excluding hydrogens is 558 g/mol. The zero-order valence-corrected chi connectivity index (χ0v) is 24.3. The van der Waals surface area contributed by atoms with E-state index in [1.165, 1.54) is 39.1 Å². The molecule has 43 heavy (non-hydrogen) atoms. The first-order chi connectivity index (χ1) is 20.8. The lowest BCUT2D eigenvalue weighted by molar-refractivity contribution is 0.0686. The Labute approximate surface area is 246 Å². The predicted octanol–water partition coefficient (Wildman–Crippen LogP) is 4.89. The average molecular weight is 590 g/mol. The monoisotopic (exact) mass is 589 g/mol. The number of fused-ring (bicyclic) bond motifs is 3. The Kier molecular flexibility index (Phi) is 8.18. The Morgan fingerprint density at radius 1 is 0.814 bits per heavy atom. The zero-order valence-electron chi connectivity index (χ0n) is 24.3. The molecule has 2 aromatic heterocycles. The summed E-state index contributed by atoms with van der Waals surface area (Å²) < 4.78 is 34.3. The molecule has 11 heteroatoms. The molecular formula is C32H31NO10. The molecule has 0 radical (unpaired) electrons. The van der Waals surface area contributed by atoms with E-state index in [4.69, 9.17) is 28.1 Å². The summed E-state index contributed by atoms with van der Waals surface area (Å²) in [6, 6.07) is 13.6. The van der Waals surface area contributed by atoms with Gasteiger partial charge in [-0.1, -0.05) is 12.1 Å². The minimum Gasteiger partial charge on any atom is -0.496 e. The number of ether oxygens (including phenoxy) is 5. The Balaban J connectivity index is 1.85. The number of aryl methyl sites for hydroxylation is 2. The van der Waals surface area contributed by atoms with Gasteiger partial charge in [-0.3, -0.25) is 0 Å². The summed E-state index contributed by atoms with van der Waals surface area (Å²) in [5, 5.41) is 21.5. The van der Waals surface area contributed by atoms with Gasteiger partial charge in [-0.05, 0) is 47.9 Å². The van der Waals surface area contributed by atoms with E-state index in [0.29, 0.717) is 57.1 Å². The lowest BCUT2D eigenvalue weighted by Crippen LogP contribution is -2.14. The number of aromatic nitrogens is 1. The minimum absolute atomic E-state index is 0.0777. The Hall–Kier alpha value is -5.16. The molecule has 0 fully saturated rings. The van der Waals surface area contributed by atoms with E-state index in [9.17, 15) is 19.8 Å². The van der Waals surface area contributed by atoms with Crippen LogP contribution in [0.3, 0.4) is 0 Å². The van der Waals surface area contributed by atoms with Crippen molar-refractivity contribution in [2.45, 2.75) is 19.6 Å². The van der Waals surface area contributed by atoms with E-state index >= 15 is 0 Å². The number of aliphatic hydroxyl groups excluding tert-OH is 1. The van der Waals surface area contributed by atoms with E-state index < -0.39 is 11.6 Å². The first kappa shape index (κ1) is 29.3. The molecule has 0 aliphatic carbocycles. The molecule has 0 saturated heterocycles. The summed E-state index contributed by atoms with van der Waals surface area (Å²) in [4.78, 5) is 26.7. The van der Waals surface area contributed by atoms with Crippen molar-refractivity contribution in [1.82, 2.24) is 4.57 Å². The number of carbonyl (C=O) groups is 1. The number of carboxylic acids is 1. The number of benzene rings is 3. The van der Waals surface area contributed by atoms with Crippen LogP contribution in [0.4, 0.5) is 0 Å². The van der Waals surface area contributed by atoms with Gasteiger partial charge in [0.15, 0.2) is 23.0 Å². The molecule has 5 aromatic rings. The Bertz CT molecular complexity index is 1900. The molecule has 0 unspecified atom stereocenters. The fourth-order valence-corrected chi connectivity index (χ4v) is 5.44. The van der Waals surface area contributed by atoms with E-state index in [2.05, 4.69) is 0 Å². The van der Waals surface area contributed by atoms with Crippen LogP contribution >= 0.6 is 0 Å². The van der Waals surface area contributed by atoms with Gasteiger partial charge < -0.3 is 42.9 Å². The van der Waals surface area contributed by atoms with Crippen molar-refractivity contribution in [3.8, 4) is 39.9 Å². The number of hydrogen-bond donors (Lipinski definition) is 2. The summed E-state index contributed by atoms with van der Waals surface area (Å²) in [5.41, 5.74) is 1.49. The van der Waals surface area contributed by atoms with Crippen LogP contribution in [0, 0.1) is 0 Å². The lowest BCUT2D eigenvalue weighted by Gasteiger charge is -2.12. The van der Waals surface area contributed by atoms with Crippen LogP contribution in [0.25, 0.3) is 33.0 Å². The van der Waals surface area contributed by atoms with Crippen LogP contribution in [0.15, 0.2) is 57.7 Å². The molecule has 11 nitrogen and oxygen atoms in total. The van der Waals surface area contributed by atoms with Gasteiger partial charge in [0.05, 0.1) is 42.2 Å². The molecule has 224 valence electrons. The van der Waals surface area contributed by atoms with Crippen LogP contribution in [0.1, 0.15) is 21.6 Å². The average Bonchev–Trinajstić information content (AvgIpc) is 3.38. The van der Waals surface area contributed by atoms with E-state index in [-0.39, 0.29) is 35.5 Å². The normalized spacial score (nSPS) is 11.1. The SMILES string of the molecule is COc1ccc(-c2c(C(=O)O)n(CCc3ccc(OC)c(OC)c3)c3c(=O)oc4cc(OC)c(OC)cc4c23)cc1CO. The fraction of sp³-hybridized carbons (Fsp3) is 0.250. The molecule has 0 bridgehead atoms. The quantitative estimate of drug-likeness (QED) is 0.205. The van der Waals surface area contributed by atoms with Gasteiger partial charge in [0.2, 0.25) is 0 Å². The van der Waals surface area contributed by atoms with E-state index in [1.807, 2.05) is 6.07 Å². The molecule has 0 atom stereocenters. The number of methoxy groups -OCH3 is 5. The summed E-state index contributed by atoms with van der Waals surface area (Å²) in [6.45, 7) is -0.217. The highest BCUT2D eigenvalue weighted by Gasteiger charge is 2.29. The fourth-order valence-electron chi connectivity index (χ4n) is 5.44. The lowest BCUT2D eigenvalue weighted by atomic mass is 9.97. The predicted molar refractivity (Wildman–Crippen MR) is 159 cm³/mol. The van der Waals surface area contributed by atoms with Crippen molar-refractivity contribution in [1.29, 1.82) is 0 Å². The molecule has 0 amide bonds. The van der Waals surface area contributed by atoms with Crippen molar-refractivity contribution >= 4 is 27.8 Å². The molecule has 0 aliphatic heterocycles. The van der Waals surface area contributed by atoms with Gasteiger partial charge in [-0.2, -0.15) is 0 Å². The second-order valence-electron chi connectivity index (χ2n) is 9.62. The van der Waals surface area contributed by atoms with Crippen molar-refractivity contribution in [3.63, 3.8) is 0 Å². The molecule has 0 saturated carbocycles. The first-order valence-electron chi connectivity index (χ1n) is 13.3. The van der Waals surface area contributed by atoms with Crippen molar-refractivity contribution < 1.29 is 43.1 Å². The maximum atomic E-state index is 13.7. The summed E-state index contributed by atoms with van der Waals surface area (Å²) in [7, 11) is 7.50. The second-order valence-corrected chi connectivity index (χ2v) is 9.62. The molecule has 2 heterocycles. The Morgan fingerprint density at radius 3 is 2.07 bits per heavy atom. The van der Waals surface area contributed by atoms with Gasteiger partial charge >= 0.3 is 11.6 Å².